The molecular weight excluding hydrogens is 432 g/mol. The lowest BCUT2D eigenvalue weighted by Gasteiger charge is -2.06. The van der Waals surface area contributed by atoms with E-state index in [4.69, 9.17) is 9.47 Å². The number of rotatable bonds is 12. The van der Waals surface area contributed by atoms with Crippen LogP contribution in [0.4, 0.5) is 11.4 Å². The monoisotopic (exact) mass is 462 g/mol. The summed E-state index contributed by atoms with van der Waals surface area (Å²) in [6.45, 7) is 5.47. The van der Waals surface area contributed by atoms with Crippen LogP contribution in [0.2, 0.25) is 0 Å². The SMILES string of the molecule is CCOC(=O)CCn1cccc1C=Nc1ccc(N=Cc2cccn2CCC(=O)OCC)cc1. The molecule has 8 nitrogen and oxygen atoms in total. The lowest BCUT2D eigenvalue weighted by Crippen LogP contribution is -2.10. The molecule has 0 N–H and O–H groups in total. The Morgan fingerprint density at radius 2 is 1.15 bits per heavy atom. The molecule has 3 rings (SSSR count). The number of ether oxygens (including phenoxy) is 2. The molecule has 0 aliphatic rings. The van der Waals surface area contributed by atoms with Crippen LogP contribution in [0, 0.1) is 0 Å². The molecule has 8 heteroatoms. The maximum atomic E-state index is 11.6. The zero-order chi connectivity index (χ0) is 24.2. The summed E-state index contributed by atoms with van der Waals surface area (Å²) in [6.07, 6.45) is 8.03. The van der Waals surface area contributed by atoms with Crippen molar-refractivity contribution in [1.82, 2.24) is 9.13 Å². The molecule has 0 aliphatic carbocycles. The summed E-state index contributed by atoms with van der Waals surface area (Å²) in [6, 6.07) is 15.3. The van der Waals surface area contributed by atoms with Gasteiger partial charge in [-0.15, -0.1) is 0 Å². The molecular formula is C26H30N4O4. The summed E-state index contributed by atoms with van der Waals surface area (Å²) in [7, 11) is 0. The van der Waals surface area contributed by atoms with Crippen molar-refractivity contribution in [2.24, 2.45) is 9.98 Å². The highest BCUT2D eigenvalue weighted by Gasteiger charge is 2.05. The van der Waals surface area contributed by atoms with Gasteiger partial charge in [0.1, 0.15) is 0 Å². The van der Waals surface area contributed by atoms with Gasteiger partial charge in [0, 0.05) is 25.5 Å². The lowest BCUT2D eigenvalue weighted by atomic mass is 10.3. The number of hydrogen-bond acceptors (Lipinski definition) is 6. The highest BCUT2D eigenvalue weighted by molar-refractivity contribution is 5.81. The molecule has 0 fully saturated rings. The van der Waals surface area contributed by atoms with E-state index < -0.39 is 0 Å². The predicted molar refractivity (Wildman–Crippen MR) is 132 cm³/mol. The summed E-state index contributed by atoms with van der Waals surface area (Å²) < 4.78 is 13.9. The van der Waals surface area contributed by atoms with E-state index in [0.717, 1.165) is 22.8 Å². The van der Waals surface area contributed by atoms with E-state index in [2.05, 4.69) is 9.98 Å². The van der Waals surface area contributed by atoms with Crippen LogP contribution in [-0.4, -0.2) is 46.7 Å². The first kappa shape index (κ1) is 24.7. The molecule has 0 saturated heterocycles. The van der Waals surface area contributed by atoms with Gasteiger partial charge < -0.3 is 18.6 Å². The molecule has 0 bridgehead atoms. The summed E-state index contributed by atoms with van der Waals surface area (Å²) in [5.41, 5.74) is 3.43. The van der Waals surface area contributed by atoms with Crippen molar-refractivity contribution in [3.05, 3.63) is 72.3 Å². The van der Waals surface area contributed by atoms with E-state index in [1.165, 1.54) is 0 Å². The average Bonchev–Trinajstić information content (AvgIpc) is 3.48. The Balaban J connectivity index is 1.57. The Hall–Kier alpha value is -3.94. The lowest BCUT2D eigenvalue weighted by molar-refractivity contribution is -0.144. The summed E-state index contributed by atoms with van der Waals surface area (Å²) in [5, 5.41) is 0. The first-order valence-electron chi connectivity index (χ1n) is 11.4. The van der Waals surface area contributed by atoms with Crippen molar-refractivity contribution >= 4 is 35.7 Å². The number of esters is 2. The molecule has 0 radical (unpaired) electrons. The quantitative estimate of drug-likeness (QED) is 0.288. The fourth-order valence-electron chi connectivity index (χ4n) is 3.29. The Kier molecular flexibility index (Phi) is 9.40. The molecule has 2 heterocycles. The molecule has 178 valence electrons. The number of aliphatic imine (C=N–C) groups is 2. The van der Waals surface area contributed by atoms with E-state index >= 15 is 0 Å². The number of carbonyl (C=O) groups excluding carboxylic acids is 2. The second-order valence-corrected chi connectivity index (χ2v) is 7.40. The molecule has 0 amide bonds. The molecule has 0 aliphatic heterocycles. The maximum absolute atomic E-state index is 11.6. The van der Waals surface area contributed by atoms with Crippen LogP contribution in [0.3, 0.4) is 0 Å². The molecule has 2 aromatic heterocycles. The van der Waals surface area contributed by atoms with Gasteiger partial charge >= 0.3 is 11.9 Å². The normalized spacial score (nSPS) is 11.4. The van der Waals surface area contributed by atoms with E-state index in [0.29, 0.717) is 39.1 Å². The van der Waals surface area contributed by atoms with Gasteiger partial charge in [0.25, 0.3) is 0 Å². The van der Waals surface area contributed by atoms with Gasteiger partial charge in [-0.1, -0.05) is 0 Å². The van der Waals surface area contributed by atoms with Gasteiger partial charge in [-0.05, 0) is 62.4 Å². The molecule has 0 unspecified atom stereocenters. The number of benzene rings is 1. The van der Waals surface area contributed by atoms with Crippen LogP contribution in [0.5, 0.6) is 0 Å². The first-order chi connectivity index (χ1) is 16.6. The number of aryl methyl sites for hydroxylation is 2. The van der Waals surface area contributed by atoms with Gasteiger partial charge in [0.2, 0.25) is 0 Å². The Morgan fingerprint density at radius 1 is 0.735 bits per heavy atom. The van der Waals surface area contributed by atoms with Gasteiger partial charge in [0.05, 0.1) is 61.2 Å². The second-order valence-electron chi connectivity index (χ2n) is 7.40. The summed E-state index contributed by atoms with van der Waals surface area (Å²) in [4.78, 5) is 32.2. The van der Waals surface area contributed by atoms with E-state index in [-0.39, 0.29) is 11.9 Å². The molecule has 34 heavy (non-hydrogen) atoms. The molecule has 0 atom stereocenters. The topological polar surface area (TPSA) is 87.2 Å². The minimum atomic E-state index is -0.207. The highest BCUT2D eigenvalue weighted by Crippen LogP contribution is 2.19. The number of carbonyl (C=O) groups is 2. The van der Waals surface area contributed by atoms with E-state index in [1.807, 2.05) is 70.1 Å². The smallest absolute Gasteiger partial charge is 0.307 e. The predicted octanol–water partition coefficient (Wildman–Crippen LogP) is 4.70. The fourth-order valence-corrected chi connectivity index (χ4v) is 3.29. The molecule has 0 spiro atoms. The number of nitrogens with zero attached hydrogens (tertiary/aromatic N) is 4. The highest BCUT2D eigenvalue weighted by atomic mass is 16.5. The van der Waals surface area contributed by atoms with Crippen LogP contribution in [0.15, 0.2) is 70.9 Å². The van der Waals surface area contributed by atoms with Crippen molar-refractivity contribution in [2.45, 2.75) is 39.8 Å². The third-order valence-electron chi connectivity index (χ3n) is 5.00. The van der Waals surface area contributed by atoms with Crippen LogP contribution >= 0.6 is 0 Å². The zero-order valence-electron chi connectivity index (χ0n) is 19.6. The van der Waals surface area contributed by atoms with Crippen LogP contribution in [0.25, 0.3) is 0 Å². The van der Waals surface area contributed by atoms with Crippen molar-refractivity contribution in [3.8, 4) is 0 Å². The minimum absolute atomic E-state index is 0.207. The van der Waals surface area contributed by atoms with Crippen molar-refractivity contribution < 1.29 is 19.1 Å². The number of hydrogen-bond donors (Lipinski definition) is 0. The Labute approximate surface area is 199 Å². The molecule has 1 aromatic carbocycles. The van der Waals surface area contributed by atoms with Gasteiger partial charge in [-0.25, -0.2) is 0 Å². The minimum Gasteiger partial charge on any atom is -0.466 e. The van der Waals surface area contributed by atoms with Crippen LogP contribution < -0.4 is 0 Å². The van der Waals surface area contributed by atoms with Crippen LogP contribution in [0.1, 0.15) is 38.1 Å². The average molecular weight is 463 g/mol. The second kappa shape index (κ2) is 12.9. The van der Waals surface area contributed by atoms with E-state index in [9.17, 15) is 9.59 Å². The van der Waals surface area contributed by atoms with Crippen molar-refractivity contribution in [2.75, 3.05) is 13.2 Å². The summed E-state index contributed by atoms with van der Waals surface area (Å²) in [5.74, 6) is -0.414. The van der Waals surface area contributed by atoms with Gasteiger partial charge in [-0.2, -0.15) is 0 Å². The molecule has 3 aromatic rings. The molecule has 0 saturated carbocycles. The largest absolute Gasteiger partial charge is 0.466 e. The zero-order valence-corrected chi connectivity index (χ0v) is 19.6. The van der Waals surface area contributed by atoms with Crippen molar-refractivity contribution in [1.29, 1.82) is 0 Å². The van der Waals surface area contributed by atoms with Gasteiger partial charge in [0.15, 0.2) is 0 Å². The van der Waals surface area contributed by atoms with E-state index in [1.54, 1.807) is 26.3 Å². The standard InChI is InChI=1S/C26H30N4O4/c1-3-33-25(31)13-17-29-15-5-7-23(29)19-27-21-9-11-22(12-10-21)28-20-24-8-6-16-30(24)18-14-26(32)34-4-2/h5-12,15-16,19-20H,3-4,13-14,17-18H2,1-2H3. The maximum Gasteiger partial charge on any atom is 0.307 e. The fraction of sp³-hybridized carbons (Fsp3) is 0.308. The summed E-state index contributed by atoms with van der Waals surface area (Å²) >= 11 is 0. The third-order valence-corrected chi connectivity index (χ3v) is 5.00. The Bertz CT molecular complexity index is 1040. The van der Waals surface area contributed by atoms with Gasteiger partial charge in [-0.3, -0.25) is 19.6 Å². The van der Waals surface area contributed by atoms with Crippen molar-refractivity contribution in [3.63, 3.8) is 0 Å². The first-order valence-corrected chi connectivity index (χ1v) is 11.4. The van der Waals surface area contributed by atoms with Crippen LogP contribution in [-0.2, 0) is 32.2 Å². The third kappa shape index (κ3) is 7.58. The number of aromatic nitrogens is 2. The Morgan fingerprint density at radius 3 is 1.53 bits per heavy atom.